The van der Waals surface area contributed by atoms with E-state index in [1.165, 1.54) is 0 Å². The standard InChI is InChI=1S/C12H9NO3S/c14-11-10(16-12(17)13-11)7-3-1-2-5-9-6-4-8-15-9/h1-8H,(H,13,14,17)/b3-1+,5-2+,10-7+. The Labute approximate surface area is 103 Å². The van der Waals surface area contributed by atoms with Gasteiger partial charge in [0.1, 0.15) is 5.76 Å². The van der Waals surface area contributed by atoms with Gasteiger partial charge in [0, 0.05) is 0 Å². The molecule has 1 saturated heterocycles. The average Bonchev–Trinajstić information content (AvgIpc) is 2.89. The van der Waals surface area contributed by atoms with Crippen LogP contribution in [0.5, 0.6) is 0 Å². The van der Waals surface area contributed by atoms with Crippen molar-refractivity contribution in [3.8, 4) is 0 Å². The van der Waals surface area contributed by atoms with Crippen LogP contribution in [0, 0.1) is 0 Å². The molecule has 0 bridgehead atoms. The molecule has 1 aliphatic rings. The fourth-order valence-electron chi connectivity index (χ4n) is 1.18. The maximum atomic E-state index is 11.2. The molecule has 1 aliphatic heterocycles. The second-order valence-electron chi connectivity index (χ2n) is 3.13. The first-order chi connectivity index (χ1) is 8.25. The third kappa shape index (κ3) is 3.15. The van der Waals surface area contributed by atoms with E-state index in [0.717, 1.165) is 5.76 Å². The lowest BCUT2D eigenvalue weighted by Gasteiger charge is -1.88. The summed E-state index contributed by atoms with van der Waals surface area (Å²) in [5.41, 5.74) is 0. The Hall–Kier alpha value is -2.14. The quantitative estimate of drug-likeness (QED) is 0.505. The van der Waals surface area contributed by atoms with Gasteiger partial charge in [-0.1, -0.05) is 18.2 Å². The first-order valence-corrected chi connectivity index (χ1v) is 5.28. The molecule has 1 aromatic rings. The van der Waals surface area contributed by atoms with Gasteiger partial charge in [-0.2, -0.15) is 0 Å². The van der Waals surface area contributed by atoms with Crippen LogP contribution in [0.3, 0.4) is 0 Å². The summed E-state index contributed by atoms with van der Waals surface area (Å²) in [5.74, 6) is 0.630. The Morgan fingerprint density at radius 3 is 2.82 bits per heavy atom. The van der Waals surface area contributed by atoms with Gasteiger partial charge in [-0.3, -0.25) is 10.1 Å². The highest BCUT2D eigenvalue weighted by atomic mass is 32.1. The van der Waals surface area contributed by atoms with E-state index in [4.69, 9.17) is 9.15 Å². The number of carbonyl (C=O) groups is 1. The molecule has 0 radical (unpaired) electrons. The maximum absolute atomic E-state index is 11.2. The summed E-state index contributed by atoms with van der Waals surface area (Å²) < 4.78 is 10.1. The number of furan rings is 1. The lowest BCUT2D eigenvalue weighted by molar-refractivity contribution is -0.116. The van der Waals surface area contributed by atoms with Crippen LogP contribution in [0.4, 0.5) is 0 Å². The van der Waals surface area contributed by atoms with Crippen molar-refractivity contribution in [2.75, 3.05) is 0 Å². The van der Waals surface area contributed by atoms with Gasteiger partial charge in [-0.05, 0) is 36.5 Å². The summed E-state index contributed by atoms with van der Waals surface area (Å²) in [7, 11) is 0. The molecule has 2 rings (SSSR count). The zero-order valence-corrected chi connectivity index (χ0v) is 9.57. The second-order valence-corrected chi connectivity index (χ2v) is 3.50. The zero-order valence-electron chi connectivity index (χ0n) is 8.75. The lowest BCUT2D eigenvalue weighted by Crippen LogP contribution is -2.18. The molecule has 1 N–H and O–H groups in total. The summed E-state index contributed by atoms with van der Waals surface area (Å²) in [6.45, 7) is 0. The predicted octanol–water partition coefficient (Wildman–Crippen LogP) is 2.16. The molecule has 4 nitrogen and oxygen atoms in total. The first-order valence-electron chi connectivity index (χ1n) is 4.87. The number of nitrogens with one attached hydrogen (secondary N) is 1. The number of carbonyl (C=O) groups excluding carboxylic acids is 1. The number of hydrogen-bond donors (Lipinski definition) is 1. The highest BCUT2D eigenvalue weighted by molar-refractivity contribution is 7.80. The van der Waals surface area contributed by atoms with Crippen molar-refractivity contribution in [1.29, 1.82) is 0 Å². The molecule has 0 unspecified atom stereocenters. The summed E-state index contributed by atoms with van der Waals surface area (Å²) in [6.07, 6.45) is 10.2. The van der Waals surface area contributed by atoms with Gasteiger partial charge >= 0.3 is 0 Å². The SMILES string of the molecule is O=C1NC(=S)O/C1=C/C=C/C=C/c1ccco1. The van der Waals surface area contributed by atoms with Crippen LogP contribution < -0.4 is 5.32 Å². The molecule has 1 fully saturated rings. The minimum Gasteiger partial charge on any atom is -0.465 e. The van der Waals surface area contributed by atoms with Crippen molar-refractivity contribution in [3.63, 3.8) is 0 Å². The van der Waals surface area contributed by atoms with Crippen LogP contribution in [-0.2, 0) is 9.53 Å². The highest BCUT2D eigenvalue weighted by Gasteiger charge is 2.21. The van der Waals surface area contributed by atoms with Crippen molar-refractivity contribution in [1.82, 2.24) is 5.32 Å². The van der Waals surface area contributed by atoms with Crippen LogP contribution in [0.1, 0.15) is 5.76 Å². The second kappa shape index (κ2) is 5.27. The molecule has 0 spiro atoms. The number of thiocarbonyl (C=S) groups is 1. The van der Waals surface area contributed by atoms with Gasteiger partial charge in [0.2, 0.25) is 0 Å². The third-order valence-corrected chi connectivity index (χ3v) is 2.10. The van der Waals surface area contributed by atoms with Crippen LogP contribution in [-0.4, -0.2) is 11.1 Å². The molecule has 1 aromatic heterocycles. The van der Waals surface area contributed by atoms with E-state index in [1.54, 1.807) is 36.6 Å². The summed E-state index contributed by atoms with van der Waals surface area (Å²) in [4.78, 5) is 11.2. The number of amides is 1. The molecule has 0 saturated carbocycles. The first kappa shape index (κ1) is 11.3. The van der Waals surface area contributed by atoms with Gasteiger partial charge in [0.05, 0.1) is 6.26 Å². The molecule has 5 heteroatoms. The average molecular weight is 247 g/mol. The minimum absolute atomic E-state index is 0.0841. The van der Waals surface area contributed by atoms with Crippen molar-refractivity contribution in [2.24, 2.45) is 0 Å². The molecule has 0 aliphatic carbocycles. The molecule has 86 valence electrons. The fraction of sp³-hybridized carbons (Fsp3) is 0. The maximum Gasteiger partial charge on any atom is 0.294 e. The van der Waals surface area contributed by atoms with Gasteiger partial charge in [-0.15, -0.1) is 0 Å². The number of rotatable bonds is 3. The number of ether oxygens (including phenoxy) is 1. The van der Waals surface area contributed by atoms with E-state index in [1.807, 2.05) is 12.1 Å². The van der Waals surface area contributed by atoms with E-state index in [2.05, 4.69) is 17.5 Å². The monoisotopic (exact) mass is 247 g/mol. The van der Waals surface area contributed by atoms with Gasteiger partial charge in [0.25, 0.3) is 11.1 Å². The van der Waals surface area contributed by atoms with E-state index in [-0.39, 0.29) is 16.8 Å². The molecule has 0 aromatic carbocycles. The number of allylic oxidation sites excluding steroid dienone is 4. The molecular formula is C12H9NO3S. The Balaban J connectivity index is 1.92. The van der Waals surface area contributed by atoms with E-state index in [0.29, 0.717) is 0 Å². The molecule has 1 amide bonds. The van der Waals surface area contributed by atoms with Crippen LogP contribution in [0.15, 0.2) is 52.9 Å². The number of hydrogen-bond acceptors (Lipinski definition) is 4. The molecule has 17 heavy (non-hydrogen) atoms. The van der Waals surface area contributed by atoms with E-state index >= 15 is 0 Å². The topological polar surface area (TPSA) is 51.5 Å². The van der Waals surface area contributed by atoms with E-state index in [9.17, 15) is 4.79 Å². The zero-order chi connectivity index (χ0) is 12.1. The Kier molecular flexibility index (Phi) is 3.52. The van der Waals surface area contributed by atoms with Gasteiger partial charge in [0.15, 0.2) is 5.76 Å². The van der Waals surface area contributed by atoms with Crippen molar-refractivity contribution < 1.29 is 13.9 Å². The largest absolute Gasteiger partial charge is 0.465 e. The predicted molar refractivity (Wildman–Crippen MR) is 66.8 cm³/mol. The normalized spacial score (nSPS) is 18.2. The van der Waals surface area contributed by atoms with Gasteiger partial charge in [-0.25, -0.2) is 0 Å². The minimum atomic E-state index is -0.324. The van der Waals surface area contributed by atoms with Crippen LogP contribution >= 0.6 is 12.2 Å². The van der Waals surface area contributed by atoms with Crippen LogP contribution in [0.25, 0.3) is 6.08 Å². The molecule has 2 heterocycles. The van der Waals surface area contributed by atoms with Crippen molar-refractivity contribution >= 4 is 29.4 Å². The summed E-state index contributed by atoms with van der Waals surface area (Å²) >= 11 is 4.68. The van der Waals surface area contributed by atoms with E-state index < -0.39 is 0 Å². The summed E-state index contributed by atoms with van der Waals surface area (Å²) in [5, 5.41) is 2.45. The molecule has 0 atom stereocenters. The Morgan fingerprint density at radius 2 is 2.18 bits per heavy atom. The summed E-state index contributed by atoms with van der Waals surface area (Å²) in [6, 6.07) is 3.65. The highest BCUT2D eigenvalue weighted by Crippen LogP contribution is 2.06. The van der Waals surface area contributed by atoms with Crippen molar-refractivity contribution in [3.05, 3.63) is 54.2 Å². The lowest BCUT2D eigenvalue weighted by atomic mass is 10.3. The van der Waals surface area contributed by atoms with Gasteiger partial charge < -0.3 is 9.15 Å². The Morgan fingerprint density at radius 1 is 1.29 bits per heavy atom. The molecular weight excluding hydrogens is 238 g/mol. The smallest absolute Gasteiger partial charge is 0.294 e. The fourth-order valence-corrected chi connectivity index (χ4v) is 1.36. The van der Waals surface area contributed by atoms with Crippen molar-refractivity contribution in [2.45, 2.75) is 0 Å². The van der Waals surface area contributed by atoms with Crippen LogP contribution in [0.2, 0.25) is 0 Å². The third-order valence-electron chi connectivity index (χ3n) is 1.92. The Bertz CT molecular complexity index is 512.